The van der Waals surface area contributed by atoms with Gasteiger partial charge in [0.2, 0.25) is 5.91 Å². The first-order chi connectivity index (χ1) is 10.1. The number of nitrogens with one attached hydrogen (secondary N) is 2. The second-order valence-corrected chi connectivity index (χ2v) is 5.74. The lowest BCUT2D eigenvalue weighted by atomic mass is 9.96. The molecule has 0 spiro atoms. The van der Waals surface area contributed by atoms with E-state index < -0.39 is 6.10 Å². The normalized spacial score (nSPS) is 18.1. The molecular formula is C16H24ClFN2O2. The molecule has 1 saturated heterocycles. The fourth-order valence-electron chi connectivity index (χ4n) is 2.66. The minimum Gasteiger partial charge on any atom is -0.388 e. The third kappa shape index (κ3) is 5.55. The summed E-state index contributed by atoms with van der Waals surface area (Å²) in [6.07, 6.45) is 1.44. The molecule has 1 aromatic rings. The van der Waals surface area contributed by atoms with Crippen LogP contribution in [0.25, 0.3) is 0 Å². The molecule has 1 aromatic carbocycles. The van der Waals surface area contributed by atoms with E-state index in [1.165, 1.54) is 12.1 Å². The summed E-state index contributed by atoms with van der Waals surface area (Å²) in [5.41, 5.74) is 0.666. The first-order valence-corrected chi connectivity index (χ1v) is 7.51. The summed E-state index contributed by atoms with van der Waals surface area (Å²) >= 11 is 0. The Bertz CT molecular complexity index is 464. The quantitative estimate of drug-likeness (QED) is 0.775. The highest BCUT2D eigenvalue weighted by Gasteiger charge is 2.23. The Balaban J connectivity index is 0.00000242. The first kappa shape index (κ1) is 18.9. The molecule has 1 fully saturated rings. The van der Waals surface area contributed by atoms with Crippen LogP contribution in [0.2, 0.25) is 0 Å². The van der Waals surface area contributed by atoms with Gasteiger partial charge in [-0.25, -0.2) is 4.39 Å². The average Bonchev–Trinajstić information content (AvgIpc) is 2.48. The maximum absolute atomic E-state index is 12.8. The van der Waals surface area contributed by atoms with Crippen molar-refractivity contribution in [1.82, 2.24) is 10.6 Å². The first-order valence-electron chi connectivity index (χ1n) is 7.51. The van der Waals surface area contributed by atoms with Crippen molar-refractivity contribution in [3.05, 3.63) is 35.6 Å². The van der Waals surface area contributed by atoms with Gasteiger partial charge in [-0.1, -0.05) is 12.1 Å². The van der Waals surface area contributed by atoms with Crippen LogP contribution in [0.1, 0.15) is 37.9 Å². The van der Waals surface area contributed by atoms with Crippen LogP contribution in [0.15, 0.2) is 24.3 Å². The number of piperidine rings is 1. The van der Waals surface area contributed by atoms with Crippen molar-refractivity contribution in [2.75, 3.05) is 13.1 Å². The summed E-state index contributed by atoms with van der Waals surface area (Å²) in [6.45, 7) is 3.64. The zero-order chi connectivity index (χ0) is 15.2. The van der Waals surface area contributed by atoms with Crippen LogP contribution in [0.3, 0.4) is 0 Å². The number of carbonyl (C=O) groups is 1. The van der Waals surface area contributed by atoms with E-state index in [1.807, 2.05) is 6.92 Å². The van der Waals surface area contributed by atoms with Crippen LogP contribution in [0.4, 0.5) is 4.39 Å². The van der Waals surface area contributed by atoms with Crippen molar-refractivity contribution in [1.29, 1.82) is 0 Å². The topological polar surface area (TPSA) is 61.4 Å². The van der Waals surface area contributed by atoms with E-state index in [-0.39, 0.29) is 36.1 Å². The molecule has 0 bridgehead atoms. The molecule has 1 amide bonds. The predicted octanol–water partition coefficient (Wildman–Crippen LogP) is 2.18. The summed E-state index contributed by atoms with van der Waals surface area (Å²) in [7, 11) is 0. The lowest BCUT2D eigenvalue weighted by Crippen LogP contribution is -2.42. The number of aliphatic hydroxyl groups excluding tert-OH is 1. The average molecular weight is 331 g/mol. The Labute approximate surface area is 136 Å². The Morgan fingerprint density at radius 3 is 2.55 bits per heavy atom. The smallest absolute Gasteiger partial charge is 0.223 e. The van der Waals surface area contributed by atoms with E-state index in [9.17, 15) is 14.3 Å². The van der Waals surface area contributed by atoms with Gasteiger partial charge in [-0.2, -0.15) is 0 Å². The van der Waals surface area contributed by atoms with Crippen molar-refractivity contribution in [2.24, 2.45) is 5.92 Å². The lowest BCUT2D eigenvalue weighted by Gasteiger charge is -2.25. The Hall–Kier alpha value is -1.17. The fourth-order valence-corrected chi connectivity index (χ4v) is 2.66. The largest absolute Gasteiger partial charge is 0.388 e. The minimum atomic E-state index is -0.700. The van der Waals surface area contributed by atoms with E-state index in [2.05, 4.69) is 10.6 Å². The Morgan fingerprint density at radius 1 is 1.36 bits per heavy atom. The second-order valence-electron chi connectivity index (χ2n) is 5.74. The van der Waals surface area contributed by atoms with Crippen LogP contribution < -0.4 is 10.6 Å². The van der Waals surface area contributed by atoms with Gasteiger partial charge >= 0.3 is 0 Å². The standard InChI is InChI=1S/C16H23FN2O2.ClH/c1-11(19-16(21)13-6-8-18-9-7-13)10-15(20)12-2-4-14(17)5-3-12;/h2-5,11,13,15,18,20H,6-10H2,1H3,(H,19,21);1H. The van der Waals surface area contributed by atoms with Crippen LogP contribution in [0, 0.1) is 11.7 Å². The summed E-state index contributed by atoms with van der Waals surface area (Å²) in [5.74, 6) is -0.190. The molecule has 2 rings (SSSR count). The van der Waals surface area contributed by atoms with Gasteiger partial charge < -0.3 is 15.7 Å². The van der Waals surface area contributed by atoms with Crippen LogP contribution in [-0.4, -0.2) is 30.1 Å². The SMILES string of the molecule is CC(CC(O)c1ccc(F)cc1)NC(=O)C1CCNCC1.Cl. The molecule has 0 aromatic heterocycles. The Morgan fingerprint density at radius 2 is 1.95 bits per heavy atom. The van der Waals surface area contributed by atoms with Crippen LogP contribution in [-0.2, 0) is 4.79 Å². The van der Waals surface area contributed by atoms with Crippen LogP contribution >= 0.6 is 12.4 Å². The Kier molecular flexibility index (Phi) is 7.79. The molecule has 0 saturated carbocycles. The molecule has 22 heavy (non-hydrogen) atoms. The van der Waals surface area contributed by atoms with Gasteiger partial charge in [-0.05, 0) is 57.0 Å². The number of aliphatic hydroxyl groups is 1. The summed E-state index contributed by atoms with van der Waals surface area (Å²) in [5, 5.41) is 16.3. The van der Waals surface area contributed by atoms with E-state index in [0.717, 1.165) is 25.9 Å². The highest BCUT2D eigenvalue weighted by atomic mass is 35.5. The molecule has 3 N–H and O–H groups in total. The zero-order valence-corrected chi connectivity index (χ0v) is 13.5. The molecule has 0 aliphatic carbocycles. The van der Waals surface area contributed by atoms with Gasteiger partial charge in [0.05, 0.1) is 6.10 Å². The highest BCUT2D eigenvalue weighted by molar-refractivity contribution is 5.85. The molecular weight excluding hydrogens is 307 g/mol. The fraction of sp³-hybridized carbons (Fsp3) is 0.562. The number of hydrogen-bond donors (Lipinski definition) is 3. The number of benzene rings is 1. The van der Waals surface area contributed by atoms with Gasteiger partial charge in [0.25, 0.3) is 0 Å². The van der Waals surface area contributed by atoms with Crippen molar-refractivity contribution in [3.8, 4) is 0 Å². The van der Waals surface area contributed by atoms with E-state index in [4.69, 9.17) is 0 Å². The van der Waals surface area contributed by atoms with Gasteiger partial charge in [0, 0.05) is 12.0 Å². The summed E-state index contributed by atoms with van der Waals surface area (Å²) < 4.78 is 12.8. The number of halogens is 2. The van der Waals surface area contributed by atoms with Crippen molar-refractivity contribution in [3.63, 3.8) is 0 Å². The van der Waals surface area contributed by atoms with Gasteiger partial charge in [0.1, 0.15) is 5.82 Å². The second kappa shape index (κ2) is 9.08. The van der Waals surface area contributed by atoms with Gasteiger partial charge in [-0.15, -0.1) is 12.4 Å². The molecule has 1 heterocycles. The molecule has 6 heteroatoms. The van der Waals surface area contributed by atoms with E-state index in [1.54, 1.807) is 12.1 Å². The number of amides is 1. The van der Waals surface area contributed by atoms with E-state index in [0.29, 0.717) is 12.0 Å². The lowest BCUT2D eigenvalue weighted by molar-refractivity contribution is -0.126. The summed E-state index contributed by atoms with van der Waals surface area (Å²) in [4.78, 5) is 12.1. The molecule has 2 unspecified atom stereocenters. The van der Waals surface area contributed by atoms with Gasteiger partial charge in [0.15, 0.2) is 0 Å². The van der Waals surface area contributed by atoms with Gasteiger partial charge in [-0.3, -0.25) is 4.79 Å². The molecule has 1 aliphatic heterocycles. The summed E-state index contributed by atoms with van der Waals surface area (Å²) in [6, 6.07) is 5.68. The van der Waals surface area contributed by atoms with Crippen molar-refractivity contribution in [2.45, 2.75) is 38.3 Å². The maximum atomic E-state index is 12.8. The predicted molar refractivity (Wildman–Crippen MR) is 86.4 cm³/mol. The van der Waals surface area contributed by atoms with Crippen molar-refractivity contribution >= 4 is 18.3 Å². The third-order valence-corrected chi connectivity index (χ3v) is 3.93. The zero-order valence-electron chi connectivity index (χ0n) is 12.7. The number of hydrogen-bond acceptors (Lipinski definition) is 3. The number of rotatable bonds is 5. The monoisotopic (exact) mass is 330 g/mol. The van der Waals surface area contributed by atoms with Crippen LogP contribution in [0.5, 0.6) is 0 Å². The molecule has 1 aliphatic rings. The molecule has 4 nitrogen and oxygen atoms in total. The third-order valence-electron chi connectivity index (χ3n) is 3.93. The number of carbonyl (C=O) groups excluding carboxylic acids is 1. The maximum Gasteiger partial charge on any atom is 0.223 e. The van der Waals surface area contributed by atoms with E-state index >= 15 is 0 Å². The molecule has 124 valence electrons. The molecule has 2 atom stereocenters. The van der Waals surface area contributed by atoms with Crippen molar-refractivity contribution < 1.29 is 14.3 Å². The minimum absolute atomic E-state index is 0. The highest BCUT2D eigenvalue weighted by Crippen LogP contribution is 2.19. The molecule has 0 radical (unpaired) electrons.